The number of urea groups is 1. The summed E-state index contributed by atoms with van der Waals surface area (Å²) in [7, 11) is 0. The molecule has 1 saturated carbocycles. The Bertz CT molecular complexity index is 659. The molecule has 28 heavy (non-hydrogen) atoms. The number of nitrogens with one attached hydrogen (secondary N) is 2. The van der Waals surface area contributed by atoms with Gasteiger partial charge in [-0.2, -0.15) is 0 Å². The Kier molecular flexibility index (Phi) is 8.13. The van der Waals surface area contributed by atoms with Gasteiger partial charge in [-0.05, 0) is 50.7 Å². The first kappa shape index (κ1) is 22.5. The second kappa shape index (κ2) is 10.1. The van der Waals surface area contributed by atoms with Gasteiger partial charge >= 0.3 is 6.03 Å². The van der Waals surface area contributed by atoms with Crippen molar-refractivity contribution in [2.45, 2.75) is 57.4 Å². The number of carbonyl (C=O) groups is 2. The number of anilines is 1. The fourth-order valence-corrected chi connectivity index (χ4v) is 4.18. The van der Waals surface area contributed by atoms with E-state index in [-0.39, 0.29) is 30.3 Å². The van der Waals surface area contributed by atoms with Crippen LogP contribution in [0.15, 0.2) is 24.3 Å². The highest BCUT2D eigenvalue weighted by Gasteiger charge is 2.39. The number of benzene rings is 1. The zero-order valence-corrected chi connectivity index (χ0v) is 17.5. The maximum atomic E-state index is 12.9. The number of nitrogens with zero attached hydrogens (tertiary/aromatic N) is 1. The minimum absolute atomic E-state index is 0. The van der Waals surface area contributed by atoms with Crippen LogP contribution in [-0.4, -0.2) is 42.0 Å². The smallest absolute Gasteiger partial charge is 0.319 e. The number of piperidine rings is 1. The van der Waals surface area contributed by atoms with Gasteiger partial charge in [-0.3, -0.25) is 4.79 Å². The van der Waals surface area contributed by atoms with Crippen molar-refractivity contribution >= 4 is 30.0 Å². The highest BCUT2D eigenvalue weighted by Crippen LogP contribution is 2.29. The topological polar surface area (TPSA) is 87.5 Å². The summed E-state index contributed by atoms with van der Waals surface area (Å²) in [6.07, 6.45) is 6.84. The number of halogens is 1. The number of rotatable bonds is 4. The van der Waals surface area contributed by atoms with Gasteiger partial charge in [-0.1, -0.05) is 37.0 Å². The van der Waals surface area contributed by atoms with Crippen molar-refractivity contribution in [1.29, 1.82) is 0 Å². The first-order valence-corrected chi connectivity index (χ1v) is 10.2. The summed E-state index contributed by atoms with van der Waals surface area (Å²) in [5.41, 5.74) is 7.69. The average molecular weight is 409 g/mol. The van der Waals surface area contributed by atoms with Gasteiger partial charge in [0.1, 0.15) is 0 Å². The van der Waals surface area contributed by atoms with Crippen LogP contribution in [0.5, 0.6) is 0 Å². The molecule has 1 aromatic rings. The van der Waals surface area contributed by atoms with Crippen LogP contribution in [0.4, 0.5) is 10.5 Å². The van der Waals surface area contributed by atoms with Crippen molar-refractivity contribution in [3.8, 4) is 0 Å². The minimum Gasteiger partial charge on any atom is -0.341 e. The standard InChI is InChI=1S/C21H32N4O2.ClH/c1-16-7-9-18(10-8-16)24-20(27)23-14-17-6-5-13-25(15-17)19(26)21(22)11-3-2-4-12-21;/h7-10,17H,2-6,11-15,22H2,1H3,(H2,23,24,27);1H. The molecule has 0 spiro atoms. The van der Waals surface area contributed by atoms with Crippen molar-refractivity contribution in [3.05, 3.63) is 29.8 Å². The van der Waals surface area contributed by atoms with Gasteiger partial charge in [0.2, 0.25) is 5.91 Å². The molecule has 1 heterocycles. The molecule has 3 rings (SSSR count). The number of aryl methyl sites for hydroxylation is 1. The van der Waals surface area contributed by atoms with Gasteiger partial charge in [0.25, 0.3) is 0 Å². The van der Waals surface area contributed by atoms with Gasteiger partial charge in [-0.15, -0.1) is 12.4 Å². The largest absolute Gasteiger partial charge is 0.341 e. The highest BCUT2D eigenvalue weighted by atomic mass is 35.5. The number of hydrogen-bond acceptors (Lipinski definition) is 3. The van der Waals surface area contributed by atoms with Crippen LogP contribution in [-0.2, 0) is 4.79 Å². The van der Waals surface area contributed by atoms with Gasteiger partial charge in [-0.25, -0.2) is 4.79 Å². The van der Waals surface area contributed by atoms with Crippen LogP contribution >= 0.6 is 12.4 Å². The summed E-state index contributed by atoms with van der Waals surface area (Å²) in [6.45, 7) is 4.05. The van der Waals surface area contributed by atoms with Gasteiger partial charge < -0.3 is 21.3 Å². The third-order valence-electron chi connectivity index (χ3n) is 5.84. The fourth-order valence-electron chi connectivity index (χ4n) is 4.18. The molecule has 1 aliphatic carbocycles. The van der Waals surface area contributed by atoms with Crippen molar-refractivity contribution in [2.24, 2.45) is 11.7 Å². The number of nitrogens with two attached hydrogens (primary N) is 1. The molecule has 0 bridgehead atoms. The second-order valence-corrected chi connectivity index (χ2v) is 8.18. The van der Waals surface area contributed by atoms with Crippen molar-refractivity contribution < 1.29 is 9.59 Å². The highest BCUT2D eigenvalue weighted by molar-refractivity contribution is 5.89. The number of amides is 3. The summed E-state index contributed by atoms with van der Waals surface area (Å²) in [6, 6.07) is 7.51. The fraction of sp³-hybridized carbons (Fsp3) is 0.619. The molecule has 156 valence electrons. The summed E-state index contributed by atoms with van der Waals surface area (Å²) < 4.78 is 0. The van der Waals surface area contributed by atoms with E-state index in [0.29, 0.717) is 13.1 Å². The van der Waals surface area contributed by atoms with E-state index in [1.165, 1.54) is 6.42 Å². The lowest BCUT2D eigenvalue weighted by molar-refractivity contribution is -0.140. The lowest BCUT2D eigenvalue weighted by atomic mass is 9.81. The third-order valence-corrected chi connectivity index (χ3v) is 5.84. The Morgan fingerprint density at radius 3 is 2.50 bits per heavy atom. The van der Waals surface area contributed by atoms with Crippen molar-refractivity contribution in [3.63, 3.8) is 0 Å². The summed E-state index contributed by atoms with van der Waals surface area (Å²) >= 11 is 0. The van der Waals surface area contributed by atoms with Crippen LogP contribution in [0, 0.1) is 12.8 Å². The maximum Gasteiger partial charge on any atom is 0.319 e. The third kappa shape index (κ3) is 5.85. The van der Waals surface area contributed by atoms with E-state index in [1.54, 1.807) is 0 Å². The molecular formula is C21H33ClN4O2. The molecule has 2 fully saturated rings. The molecule has 1 unspecified atom stereocenters. The summed E-state index contributed by atoms with van der Waals surface area (Å²) in [5.74, 6) is 0.384. The van der Waals surface area contributed by atoms with Crippen LogP contribution in [0.3, 0.4) is 0 Å². The quantitative estimate of drug-likeness (QED) is 0.713. The Labute approximate surface area is 174 Å². The Balaban J connectivity index is 0.00000280. The SMILES string of the molecule is Cc1ccc(NC(=O)NCC2CCCN(C(=O)C3(N)CCCCC3)C2)cc1.Cl. The minimum atomic E-state index is -0.670. The zero-order chi connectivity index (χ0) is 19.3. The van der Waals surface area contributed by atoms with Crippen LogP contribution in [0.2, 0.25) is 0 Å². The second-order valence-electron chi connectivity index (χ2n) is 8.18. The molecule has 0 radical (unpaired) electrons. The Morgan fingerprint density at radius 2 is 1.82 bits per heavy atom. The molecule has 1 aromatic carbocycles. The van der Waals surface area contributed by atoms with E-state index in [0.717, 1.165) is 56.3 Å². The summed E-state index contributed by atoms with van der Waals surface area (Å²) in [4.78, 5) is 27.0. The predicted molar refractivity (Wildman–Crippen MR) is 115 cm³/mol. The average Bonchev–Trinajstić information content (AvgIpc) is 2.68. The first-order valence-electron chi connectivity index (χ1n) is 10.2. The molecule has 1 atom stereocenters. The van der Waals surface area contributed by atoms with Crippen molar-refractivity contribution in [2.75, 3.05) is 25.0 Å². The molecular weight excluding hydrogens is 376 g/mol. The molecule has 7 heteroatoms. The molecule has 4 N–H and O–H groups in total. The zero-order valence-electron chi connectivity index (χ0n) is 16.7. The van der Waals surface area contributed by atoms with Gasteiger partial charge in [0.15, 0.2) is 0 Å². The molecule has 2 aliphatic rings. The van der Waals surface area contributed by atoms with Crippen LogP contribution in [0.25, 0.3) is 0 Å². The lowest BCUT2D eigenvalue weighted by Gasteiger charge is -2.40. The van der Waals surface area contributed by atoms with Gasteiger partial charge in [0, 0.05) is 25.3 Å². The van der Waals surface area contributed by atoms with Crippen LogP contribution < -0.4 is 16.4 Å². The molecule has 3 amide bonds. The normalized spacial score (nSPS) is 21.4. The van der Waals surface area contributed by atoms with E-state index in [9.17, 15) is 9.59 Å². The van der Waals surface area contributed by atoms with Crippen molar-refractivity contribution in [1.82, 2.24) is 10.2 Å². The van der Waals surface area contributed by atoms with E-state index in [4.69, 9.17) is 5.73 Å². The Morgan fingerprint density at radius 1 is 1.14 bits per heavy atom. The van der Waals surface area contributed by atoms with E-state index in [1.807, 2.05) is 36.1 Å². The monoisotopic (exact) mass is 408 g/mol. The number of carbonyl (C=O) groups excluding carboxylic acids is 2. The number of hydrogen-bond donors (Lipinski definition) is 3. The predicted octanol–water partition coefficient (Wildman–Crippen LogP) is 3.44. The molecule has 0 aromatic heterocycles. The van der Waals surface area contributed by atoms with Crippen LogP contribution in [0.1, 0.15) is 50.5 Å². The Hall–Kier alpha value is -1.79. The lowest BCUT2D eigenvalue weighted by Crippen LogP contribution is -2.58. The molecule has 1 aliphatic heterocycles. The van der Waals surface area contributed by atoms with Gasteiger partial charge in [0.05, 0.1) is 5.54 Å². The number of likely N-dealkylation sites (tertiary alicyclic amines) is 1. The van der Waals surface area contributed by atoms with E-state index in [2.05, 4.69) is 10.6 Å². The molecule has 1 saturated heterocycles. The maximum absolute atomic E-state index is 12.9. The summed E-state index contributed by atoms with van der Waals surface area (Å²) in [5, 5.41) is 5.79. The van der Waals surface area contributed by atoms with E-state index >= 15 is 0 Å². The van der Waals surface area contributed by atoms with E-state index < -0.39 is 5.54 Å². The molecule has 6 nitrogen and oxygen atoms in total. The first-order chi connectivity index (χ1) is 13.0.